The van der Waals surface area contributed by atoms with E-state index in [4.69, 9.17) is 9.97 Å². The molecule has 0 saturated heterocycles. The lowest BCUT2D eigenvalue weighted by Crippen LogP contribution is -1.92. The minimum absolute atomic E-state index is 0.884. The molecule has 1 aromatic heterocycles. The molecule has 0 saturated carbocycles. The van der Waals surface area contributed by atoms with Crippen molar-refractivity contribution in [1.82, 2.24) is 9.97 Å². The Morgan fingerprint density at radius 1 is 0.640 bits per heavy atom. The van der Waals surface area contributed by atoms with E-state index in [1.807, 2.05) is 18.3 Å². The average molecular weight is 385 g/mol. The smallest absolute Gasteiger partial charge is 0.0979 e. The van der Waals surface area contributed by atoms with E-state index in [0.717, 1.165) is 37.5 Å². The number of halogens is 1. The van der Waals surface area contributed by atoms with Gasteiger partial charge in [0, 0.05) is 20.8 Å². The molecule has 0 atom stereocenters. The van der Waals surface area contributed by atoms with Crippen LogP contribution in [0, 0.1) is 0 Å². The van der Waals surface area contributed by atoms with Gasteiger partial charge in [0.2, 0.25) is 0 Å². The molecule has 0 fully saturated rings. The number of benzene rings is 4. The fourth-order valence-corrected chi connectivity index (χ4v) is 3.81. The summed E-state index contributed by atoms with van der Waals surface area (Å²) in [6.45, 7) is 0. The van der Waals surface area contributed by atoms with Crippen LogP contribution < -0.4 is 0 Å². The predicted octanol–water partition coefficient (Wildman–Crippen LogP) is 6.37. The van der Waals surface area contributed by atoms with E-state index in [9.17, 15) is 0 Å². The molecule has 5 aromatic rings. The largest absolute Gasteiger partial charge is 0.252 e. The number of hydrogen-bond acceptors (Lipinski definition) is 2. The van der Waals surface area contributed by atoms with Crippen LogP contribution in [-0.4, -0.2) is 9.97 Å². The highest BCUT2D eigenvalue weighted by molar-refractivity contribution is 9.10. The third-order valence-corrected chi connectivity index (χ3v) is 5.04. The fourth-order valence-electron chi connectivity index (χ4n) is 3.41. The summed E-state index contributed by atoms with van der Waals surface area (Å²) in [4.78, 5) is 9.77. The maximum atomic E-state index is 4.98. The van der Waals surface area contributed by atoms with Gasteiger partial charge in [0.25, 0.3) is 0 Å². The van der Waals surface area contributed by atoms with Gasteiger partial charge >= 0.3 is 0 Å². The summed E-state index contributed by atoms with van der Waals surface area (Å²) in [5, 5.41) is 4.71. The maximum Gasteiger partial charge on any atom is 0.0979 e. The van der Waals surface area contributed by atoms with Crippen LogP contribution in [-0.2, 0) is 0 Å². The Balaban J connectivity index is 1.93. The van der Waals surface area contributed by atoms with Gasteiger partial charge < -0.3 is 0 Å². The quantitative estimate of drug-likeness (QED) is 0.314. The summed E-state index contributed by atoms with van der Waals surface area (Å²) in [5.41, 5.74) is 3.84. The van der Waals surface area contributed by atoms with Crippen LogP contribution in [0.4, 0.5) is 0 Å². The van der Waals surface area contributed by atoms with Crippen LogP contribution in [0.2, 0.25) is 0 Å². The van der Waals surface area contributed by atoms with Gasteiger partial charge in [0.1, 0.15) is 0 Å². The van der Waals surface area contributed by atoms with Crippen LogP contribution >= 0.6 is 15.9 Å². The Kier molecular flexibility index (Phi) is 3.28. The van der Waals surface area contributed by atoms with Gasteiger partial charge in [-0.05, 0) is 22.9 Å². The lowest BCUT2D eigenvalue weighted by molar-refractivity contribution is 1.31. The van der Waals surface area contributed by atoms with Crippen LogP contribution in [0.25, 0.3) is 43.8 Å². The molecule has 0 aliphatic rings. The minimum atomic E-state index is 0.884. The normalized spacial score (nSPS) is 11.4. The maximum absolute atomic E-state index is 4.98. The first kappa shape index (κ1) is 14.6. The second-order valence-corrected chi connectivity index (χ2v) is 6.97. The zero-order chi connectivity index (χ0) is 16.8. The molecule has 0 unspecified atom stereocenters. The van der Waals surface area contributed by atoms with Gasteiger partial charge in [-0.3, -0.25) is 4.98 Å². The highest BCUT2D eigenvalue weighted by atomic mass is 79.9. The van der Waals surface area contributed by atoms with Crippen LogP contribution in [0.1, 0.15) is 0 Å². The number of rotatable bonds is 1. The molecule has 1 heterocycles. The van der Waals surface area contributed by atoms with Crippen molar-refractivity contribution in [3.05, 3.63) is 83.5 Å². The van der Waals surface area contributed by atoms with Gasteiger partial charge in [-0.1, -0.05) is 76.6 Å². The van der Waals surface area contributed by atoms with Gasteiger partial charge in [-0.15, -0.1) is 0 Å². The molecule has 4 aromatic carbocycles. The molecule has 0 aliphatic heterocycles. The van der Waals surface area contributed by atoms with E-state index in [-0.39, 0.29) is 0 Å². The van der Waals surface area contributed by atoms with Crippen LogP contribution in [0.3, 0.4) is 0 Å². The van der Waals surface area contributed by atoms with Crippen molar-refractivity contribution in [3.8, 4) is 11.3 Å². The molecule has 3 heteroatoms. The molecule has 0 amide bonds. The summed E-state index contributed by atoms with van der Waals surface area (Å²) < 4.78 is 1.04. The van der Waals surface area contributed by atoms with Gasteiger partial charge in [0.05, 0.1) is 22.9 Å². The molecular weight excluding hydrogens is 372 g/mol. The Morgan fingerprint density at radius 3 is 1.96 bits per heavy atom. The number of aromatic nitrogens is 2. The Bertz CT molecular complexity index is 1230. The second-order valence-electron chi connectivity index (χ2n) is 6.05. The Morgan fingerprint density at radius 2 is 1.28 bits per heavy atom. The molecule has 5 rings (SSSR count). The van der Waals surface area contributed by atoms with Crippen molar-refractivity contribution in [2.75, 3.05) is 0 Å². The molecule has 0 aliphatic carbocycles. The van der Waals surface area contributed by atoms with Crippen molar-refractivity contribution in [2.45, 2.75) is 0 Å². The second kappa shape index (κ2) is 5.64. The van der Waals surface area contributed by atoms with Gasteiger partial charge in [-0.25, -0.2) is 4.98 Å². The Hall–Kier alpha value is -2.78. The van der Waals surface area contributed by atoms with E-state index < -0.39 is 0 Å². The first-order chi connectivity index (χ1) is 12.3. The molecule has 0 spiro atoms. The summed E-state index contributed by atoms with van der Waals surface area (Å²) >= 11 is 3.53. The molecule has 0 bridgehead atoms. The zero-order valence-corrected chi connectivity index (χ0v) is 14.9. The first-order valence-corrected chi connectivity index (χ1v) is 8.93. The molecule has 0 N–H and O–H groups in total. The summed E-state index contributed by atoms with van der Waals surface area (Å²) in [6.07, 6.45) is 1.87. The third kappa shape index (κ3) is 2.31. The van der Waals surface area contributed by atoms with Crippen molar-refractivity contribution < 1.29 is 0 Å². The SMILES string of the molecule is Brc1cccc(-c2cnc3c4ccccc4c4ccccc4c3n2)c1. The highest BCUT2D eigenvalue weighted by Gasteiger charge is 2.11. The fraction of sp³-hybridized carbons (Fsp3) is 0. The summed E-state index contributed by atoms with van der Waals surface area (Å²) in [5.74, 6) is 0. The number of nitrogens with zero attached hydrogens (tertiary/aromatic N) is 2. The van der Waals surface area contributed by atoms with E-state index in [2.05, 4.69) is 76.6 Å². The predicted molar refractivity (Wildman–Crippen MR) is 108 cm³/mol. The minimum Gasteiger partial charge on any atom is -0.252 e. The van der Waals surface area contributed by atoms with Crippen molar-refractivity contribution in [1.29, 1.82) is 0 Å². The van der Waals surface area contributed by atoms with Gasteiger partial charge in [0.15, 0.2) is 0 Å². The van der Waals surface area contributed by atoms with E-state index in [1.54, 1.807) is 0 Å². The average Bonchev–Trinajstić information content (AvgIpc) is 2.68. The van der Waals surface area contributed by atoms with E-state index in [0.29, 0.717) is 0 Å². The molecule has 2 nitrogen and oxygen atoms in total. The molecular formula is C22H13BrN2. The first-order valence-electron chi connectivity index (χ1n) is 8.13. The standard InChI is InChI=1S/C22H13BrN2/c23-15-7-5-6-14(12-15)20-13-24-21-18-10-3-1-8-16(18)17-9-2-4-11-19(17)22(21)25-20/h1-13H. The van der Waals surface area contributed by atoms with Crippen LogP contribution in [0.5, 0.6) is 0 Å². The van der Waals surface area contributed by atoms with Crippen molar-refractivity contribution >= 4 is 48.5 Å². The number of hydrogen-bond donors (Lipinski definition) is 0. The van der Waals surface area contributed by atoms with Gasteiger partial charge in [-0.2, -0.15) is 0 Å². The monoisotopic (exact) mass is 384 g/mol. The number of fused-ring (bicyclic) bond motifs is 6. The Labute approximate surface area is 153 Å². The van der Waals surface area contributed by atoms with E-state index in [1.165, 1.54) is 10.8 Å². The summed E-state index contributed by atoms with van der Waals surface area (Å²) in [6, 6.07) is 25.0. The lowest BCUT2D eigenvalue weighted by Gasteiger charge is -2.10. The van der Waals surface area contributed by atoms with Crippen molar-refractivity contribution in [3.63, 3.8) is 0 Å². The van der Waals surface area contributed by atoms with E-state index >= 15 is 0 Å². The zero-order valence-electron chi connectivity index (χ0n) is 13.3. The highest BCUT2D eigenvalue weighted by Crippen LogP contribution is 2.34. The third-order valence-electron chi connectivity index (χ3n) is 4.55. The lowest BCUT2D eigenvalue weighted by atomic mass is 9.99. The molecule has 25 heavy (non-hydrogen) atoms. The van der Waals surface area contributed by atoms with Crippen LogP contribution in [0.15, 0.2) is 83.5 Å². The molecule has 0 radical (unpaired) electrons. The topological polar surface area (TPSA) is 25.8 Å². The molecule has 118 valence electrons. The van der Waals surface area contributed by atoms with Crippen molar-refractivity contribution in [2.24, 2.45) is 0 Å². The summed E-state index contributed by atoms with van der Waals surface area (Å²) in [7, 11) is 0.